The van der Waals surface area contributed by atoms with Gasteiger partial charge in [0.15, 0.2) is 0 Å². The molecule has 2 aromatic rings. The van der Waals surface area contributed by atoms with E-state index < -0.39 is 0 Å². The molecular formula is C14H17N3. The number of nitrogens with one attached hydrogen (secondary N) is 2. The second-order valence-electron chi connectivity index (χ2n) is 4.73. The molecule has 1 heterocycles. The molecule has 1 unspecified atom stereocenters. The first-order valence-electron chi connectivity index (χ1n) is 6.20. The number of aromatic amines is 1. The quantitative estimate of drug-likeness (QED) is 0.846. The van der Waals surface area contributed by atoms with Gasteiger partial charge in [0.25, 0.3) is 0 Å². The zero-order valence-corrected chi connectivity index (χ0v) is 10.0. The minimum Gasteiger partial charge on any atom is -0.376 e. The molecule has 0 bridgehead atoms. The first-order chi connectivity index (χ1) is 8.33. The van der Waals surface area contributed by atoms with Crippen molar-refractivity contribution in [1.29, 1.82) is 0 Å². The molecule has 0 fully saturated rings. The molecule has 1 aromatic carbocycles. The summed E-state index contributed by atoms with van der Waals surface area (Å²) in [6.07, 6.45) is 7.48. The van der Waals surface area contributed by atoms with Gasteiger partial charge in [-0.15, -0.1) is 0 Å². The van der Waals surface area contributed by atoms with E-state index in [1.807, 2.05) is 12.4 Å². The Hall–Kier alpha value is -1.77. The van der Waals surface area contributed by atoms with Crippen LogP contribution in [0.1, 0.15) is 36.1 Å². The first-order valence-corrected chi connectivity index (χ1v) is 6.20. The van der Waals surface area contributed by atoms with Crippen molar-refractivity contribution in [1.82, 2.24) is 10.2 Å². The van der Waals surface area contributed by atoms with E-state index in [1.54, 1.807) is 0 Å². The maximum absolute atomic E-state index is 3.94. The molecular weight excluding hydrogens is 210 g/mol. The lowest BCUT2D eigenvalue weighted by atomic mass is 10.0. The van der Waals surface area contributed by atoms with Crippen LogP contribution < -0.4 is 5.32 Å². The summed E-state index contributed by atoms with van der Waals surface area (Å²) >= 11 is 0. The Balaban J connectivity index is 1.79. The predicted octanol–water partition coefficient (Wildman–Crippen LogP) is 3.07. The molecule has 17 heavy (non-hydrogen) atoms. The highest BCUT2D eigenvalue weighted by molar-refractivity contribution is 5.43. The van der Waals surface area contributed by atoms with Crippen LogP contribution >= 0.6 is 0 Å². The number of fused-ring (bicyclic) bond motifs is 1. The molecule has 0 spiro atoms. The van der Waals surface area contributed by atoms with Gasteiger partial charge in [0.2, 0.25) is 0 Å². The van der Waals surface area contributed by atoms with Gasteiger partial charge < -0.3 is 5.32 Å². The van der Waals surface area contributed by atoms with Gasteiger partial charge in [-0.25, -0.2) is 0 Å². The Morgan fingerprint density at radius 1 is 1.29 bits per heavy atom. The Kier molecular flexibility index (Phi) is 2.59. The summed E-state index contributed by atoms with van der Waals surface area (Å²) in [6, 6.07) is 7.19. The molecule has 3 nitrogen and oxygen atoms in total. The molecule has 0 saturated heterocycles. The second-order valence-corrected chi connectivity index (χ2v) is 4.73. The zero-order chi connectivity index (χ0) is 11.7. The number of rotatable bonds is 3. The van der Waals surface area contributed by atoms with E-state index >= 15 is 0 Å². The SMILES string of the molecule is CC(Nc1cn[nH]c1)c1ccc2c(c1)CCC2. The van der Waals surface area contributed by atoms with E-state index in [9.17, 15) is 0 Å². The smallest absolute Gasteiger partial charge is 0.0728 e. The predicted molar refractivity (Wildman–Crippen MR) is 69.1 cm³/mol. The van der Waals surface area contributed by atoms with Crippen molar-refractivity contribution < 1.29 is 0 Å². The van der Waals surface area contributed by atoms with Crippen LogP contribution in [0.3, 0.4) is 0 Å². The zero-order valence-electron chi connectivity index (χ0n) is 10.0. The summed E-state index contributed by atoms with van der Waals surface area (Å²) in [7, 11) is 0. The number of nitrogens with zero attached hydrogens (tertiary/aromatic N) is 1. The van der Waals surface area contributed by atoms with Crippen molar-refractivity contribution in [2.45, 2.75) is 32.2 Å². The van der Waals surface area contributed by atoms with Gasteiger partial charge >= 0.3 is 0 Å². The molecule has 3 heteroatoms. The third-order valence-corrected chi connectivity index (χ3v) is 3.50. The Morgan fingerprint density at radius 2 is 2.18 bits per heavy atom. The average molecular weight is 227 g/mol. The van der Waals surface area contributed by atoms with E-state index in [-0.39, 0.29) is 0 Å². The summed E-state index contributed by atoms with van der Waals surface area (Å²) in [5.41, 5.74) is 5.46. The van der Waals surface area contributed by atoms with Crippen LogP contribution in [0.2, 0.25) is 0 Å². The van der Waals surface area contributed by atoms with Crippen LogP contribution in [0.25, 0.3) is 0 Å². The van der Waals surface area contributed by atoms with E-state index in [4.69, 9.17) is 0 Å². The fraction of sp³-hybridized carbons (Fsp3) is 0.357. The van der Waals surface area contributed by atoms with E-state index in [2.05, 4.69) is 40.6 Å². The van der Waals surface area contributed by atoms with Crippen molar-refractivity contribution >= 4 is 5.69 Å². The highest BCUT2D eigenvalue weighted by atomic mass is 15.1. The highest BCUT2D eigenvalue weighted by Gasteiger charge is 2.13. The standard InChI is InChI=1S/C14H17N3/c1-10(17-14-8-15-16-9-14)12-6-5-11-3-2-4-13(11)7-12/h5-10,17H,2-4H2,1H3,(H,15,16). The van der Waals surface area contributed by atoms with Crippen LogP contribution in [-0.4, -0.2) is 10.2 Å². The number of aryl methyl sites for hydroxylation is 2. The molecule has 0 radical (unpaired) electrons. The van der Waals surface area contributed by atoms with Crippen LogP contribution in [0, 0.1) is 0 Å². The molecule has 0 saturated carbocycles. The fourth-order valence-electron chi connectivity index (χ4n) is 2.52. The van der Waals surface area contributed by atoms with Crippen LogP contribution in [0.5, 0.6) is 0 Å². The molecule has 0 amide bonds. The Labute approximate surface area is 101 Å². The van der Waals surface area contributed by atoms with Gasteiger partial charge in [-0.05, 0) is 42.9 Å². The fourth-order valence-corrected chi connectivity index (χ4v) is 2.52. The highest BCUT2D eigenvalue weighted by Crippen LogP contribution is 2.26. The molecule has 2 N–H and O–H groups in total. The third kappa shape index (κ3) is 2.05. The number of hydrogen-bond acceptors (Lipinski definition) is 2. The van der Waals surface area contributed by atoms with Crippen molar-refractivity contribution in [2.75, 3.05) is 5.32 Å². The van der Waals surface area contributed by atoms with Gasteiger partial charge in [0.05, 0.1) is 11.9 Å². The number of aromatic nitrogens is 2. The lowest BCUT2D eigenvalue weighted by molar-refractivity contribution is 0.879. The minimum absolute atomic E-state index is 0.318. The van der Waals surface area contributed by atoms with Gasteiger partial charge in [-0.3, -0.25) is 5.10 Å². The molecule has 1 aromatic heterocycles. The molecule has 0 aliphatic heterocycles. The Morgan fingerprint density at radius 3 is 3.00 bits per heavy atom. The first kappa shape index (κ1) is 10.4. The van der Waals surface area contributed by atoms with Crippen LogP contribution in [-0.2, 0) is 12.8 Å². The lowest BCUT2D eigenvalue weighted by Gasteiger charge is -2.15. The largest absolute Gasteiger partial charge is 0.376 e. The molecule has 1 aliphatic rings. The topological polar surface area (TPSA) is 40.7 Å². The lowest BCUT2D eigenvalue weighted by Crippen LogP contribution is -2.06. The average Bonchev–Trinajstić information content (AvgIpc) is 2.97. The maximum atomic E-state index is 3.94. The molecule has 88 valence electrons. The molecule has 1 aliphatic carbocycles. The number of H-pyrrole nitrogens is 1. The number of benzene rings is 1. The molecule has 1 atom stereocenters. The summed E-state index contributed by atoms with van der Waals surface area (Å²) < 4.78 is 0. The van der Waals surface area contributed by atoms with Crippen molar-refractivity contribution in [3.63, 3.8) is 0 Å². The van der Waals surface area contributed by atoms with E-state index in [0.717, 1.165) is 5.69 Å². The summed E-state index contributed by atoms with van der Waals surface area (Å²) in [4.78, 5) is 0. The van der Waals surface area contributed by atoms with Crippen LogP contribution in [0.4, 0.5) is 5.69 Å². The Bertz CT molecular complexity index is 502. The van der Waals surface area contributed by atoms with Gasteiger partial charge in [0, 0.05) is 12.2 Å². The second kappa shape index (κ2) is 4.24. The summed E-state index contributed by atoms with van der Waals surface area (Å²) in [6.45, 7) is 2.18. The van der Waals surface area contributed by atoms with E-state index in [1.165, 1.54) is 36.0 Å². The van der Waals surface area contributed by atoms with Crippen LogP contribution in [0.15, 0.2) is 30.6 Å². The summed E-state index contributed by atoms with van der Waals surface area (Å²) in [5, 5.41) is 10.2. The maximum Gasteiger partial charge on any atom is 0.0728 e. The van der Waals surface area contributed by atoms with Crippen molar-refractivity contribution in [3.8, 4) is 0 Å². The summed E-state index contributed by atoms with van der Waals surface area (Å²) in [5.74, 6) is 0. The van der Waals surface area contributed by atoms with E-state index in [0.29, 0.717) is 6.04 Å². The van der Waals surface area contributed by atoms with Gasteiger partial charge in [-0.2, -0.15) is 5.10 Å². The number of anilines is 1. The number of hydrogen-bond donors (Lipinski definition) is 2. The van der Waals surface area contributed by atoms with Gasteiger partial charge in [0.1, 0.15) is 0 Å². The van der Waals surface area contributed by atoms with Gasteiger partial charge in [-0.1, -0.05) is 18.2 Å². The van der Waals surface area contributed by atoms with Crippen molar-refractivity contribution in [3.05, 3.63) is 47.3 Å². The normalized spacial score (nSPS) is 15.6. The minimum atomic E-state index is 0.318. The van der Waals surface area contributed by atoms with Crippen molar-refractivity contribution in [2.24, 2.45) is 0 Å². The molecule has 3 rings (SSSR count). The third-order valence-electron chi connectivity index (χ3n) is 3.50. The monoisotopic (exact) mass is 227 g/mol.